The Kier molecular flexibility index (Phi) is 5.66. The number of amides is 2. The average molecular weight is 339 g/mol. The molecule has 2 amide bonds. The molecule has 0 saturated carbocycles. The fraction of sp³-hybridized carbons (Fsp3) is 0.188. The minimum Gasteiger partial charge on any atom is -0.387 e. The van der Waals surface area contributed by atoms with Crippen molar-refractivity contribution < 1.29 is 9.90 Å². The first kappa shape index (κ1) is 16.6. The van der Waals surface area contributed by atoms with Gasteiger partial charge in [-0.15, -0.1) is 0 Å². The Morgan fingerprint density at radius 3 is 2.50 bits per heavy atom. The maximum Gasteiger partial charge on any atom is 0.319 e. The first-order valence-electron chi connectivity index (χ1n) is 6.70. The van der Waals surface area contributed by atoms with Gasteiger partial charge in [0.25, 0.3) is 0 Å². The Morgan fingerprint density at radius 1 is 1.18 bits per heavy atom. The summed E-state index contributed by atoms with van der Waals surface area (Å²) in [6.07, 6.45) is -0.771. The van der Waals surface area contributed by atoms with E-state index >= 15 is 0 Å². The molecular weight excluding hydrogens is 323 g/mol. The van der Waals surface area contributed by atoms with Gasteiger partial charge >= 0.3 is 6.03 Å². The van der Waals surface area contributed by atoms with Gasteiger partial charge in [0, 0.05) is 11.6 Å². The number of aliphatic hydroxyl groups excluding tert-OH is 1. The van der Waals surface area contributed by atoms with Gasteiger partial charge in [-0.2, -0.15) is 0 Å². The summed E-state index contributed by atoms with van der Waals surface area (Å²) in [7, 11) is 0. The van der Waals surface area contributed by atoms with Crippen LogP contribution in [0.25, 0.3) is 0 Å². The van der Waals surface area contributed by atoms with Crippen LogP contribution in [0.3, 0.4) is 0 Å². The Labute approximate surface area is 139 Å². The molecule has 2 aromatic carbocycles. The Bertz CT molecular complexity index is 660. The number of carbonyl (C=O) groups is 1. The molecular formula is C16H16Cl2N2O2. The van der Waals surface area contributed by atoms with Crippen molar-refractivity contribution in [2.75, 3.05) is 11.9 Å². The highest BCUT2D eigenvalue weighted by Crippen LogP contribution is 2.25. The lowest BCUT2D eigenvalue weighted by Gasteiger charge is -2.13. The number of benzene rings is 2. The molecule has 22 heavy (non-hydrogen) atoms. The number of rotatable bonds is 4. The maximum absolute atomic E-state index is 11.8. The molecule has 0 unspecified atom stereocenters. The molecule has 2 aromatic rings. The molecule has 3 N–H and O–H groups in total. The van der Waals surface area contributed by atoms with Gasteiger partial charge in [0.05, 0.1) is 16.8 Å². The number of urea groups is 1. The highest BCUT2D eigenvalue weighted by atomic mass is 35.5. The van der Waals surface area contributed by atoms with Crippen LogP contribution in [0.1, 0.15) is 17.2 Å². The zero-order valence-corrected chi connectivity index (χ0v) is 13.4. The van der Waals surface area contributed by atoms with Crippen LogP contribution in [0, 0.1) is 6.92 Å². The largest absolute Gasteiger partial charge is 0.387 e. The molecule has 1 atom stereocenters. The monoisotopic (exact) mass is 338 g/mol. The molecule has 6 heteroatoms. The molecule has 2 rings (SSSR count). The van der Waals surface area contributed by atoms with Crippen molar-refractivity contribution in [2.45, 2.75) is 13.0 Å². The van der Waals surface area contributed by atoms with Gasteiger partial charge in [-0.05, 0) is 30.7 Å². The number of aliphatic hydroxyl groups is 1. The van der Waals surface area contributed by atoms with Crippen LogP contribution in [0.2, 0.25) is 10.0 Å². The molecule has 0 fully saturated rings. The number of hydrogen-bond acceptors (Lipinski definition) is 2. The number of nitrogens with one attached hydrogen (secondary N) is 2. The second-order valence-electron chi connectivity index (χ2n) is 4.89. The van der Waals surface area contributed by atoms with E-state index in [1.54, 1.807) is 18.2 Å². The number of hydrogen-bond donors (Lipinski definition) is 3. The van der Waals surface area contributed by atoms with E-state index in [4.69, 9.17) is 23.2 Å². The van der Waals surface area contributed by atoms with Crippen LogP contribution in [0.5, 0.6) is 0 Å². The second kappa shape index (κ2) is 7.49. The molecule has 0 radical (unpaired) electrons. The lowest BCUT2D eigenvalue weighted by Crippen LogP contribution is -2.32. The summed E-state index contributed by atoms with van der Waals surface area (Å²) in [6.45, 7) is 2.07. The first-order chi connectivity index (χ1) is 10.5. The van der Waals surface area contributed by atoms with E-state index in [1.807, 2.05) is 31.2 Å². The van der Waals surface area contributed by atoms with Crippen LogP contribution >= 0.6 is 23.2 Å². The quantitative estimate of drug-likeness (QED) is 0.783. The van der Waals surface area contributed by atoms with Gasteiger partial charge < -0.3 is 15.7 Å². The molecule has 0 saturated heterocycles. The van der Waals surface area contributed by atoms with Gasteiger partial charge in [0.1, 0.15) is 0 Å². The van der Waals surface area contributed by atoms with E-state index < -0.39 is 12.1 Å². The van der Waals surface area contributed by atoms with Crippen molar-refractivity contribution in [3.63, 3.8) is 0 Å². The van der Waals surface area contributed by atoms with Crippen LogP contribution in [-0.2, 0) is 0 Å². The van der Waals surface area contributed by atoms with E-state index in [2.05, 4.69) is 10.6 Å². The SMILES string of the molecule is Cc1ccc([C@@H](O)CNC(=O)Nc2ccc(Cl)cc2Cl)cc1. The fourth-order valence-electron chi connectivity index (χ4n) is 1.85. The smallest absolute Gasteiger partial charge is 0.319 e. The van der Waals surface area contributed by atoms with E-state index in [0.717, 1.165) is 11.1 Å². The number of aryl methyl sites for hydroxylation is 1. The molecule has 0 aliphatic heterocycles. The second-order valence-corrected chi connectivity index (χ2v) is 5.73. The Morgan fingerprint density at radius 2 is 1.86 bits per heavy atom. The summed E-state index contributed by atoms with van der Waals surface area (Å²) < 4.78 is 0. The molecule has 4 nitrogen and oxygen atoms in total. The minimum atomic E-state index is -0.771. The van der Waals surface area contributed by atoms with Crippen molar-refractivity contribution in [1.82, 2.24) is 5.32 Å². The molecule has 0 aliphatic rings. The van der Waals surface area contributed by atoms with Crippen LogP contribution in [0.15, 0.2) is 42.5 Å². The van der Waals surface area contributed by atoms with E-state index in [-0.39, 0.29) is 6.54 Å². The summed E-state index contributed by atoms with van der Waals surface area (Å²) in [5.41, 5.74) is 2.31. The summed E-state index contributed by atoms with van der Waals surface area (Å²) in [5, 5.41) is 16.1. The van der Waals surface area contributed by atoms with E-state index in [9.17, 15) is 9.90 Å². The maximum atomic E-state index is 11.8. The summed E-state index contributed by atoms with van der Waals surface area (Å²) >= 11 is 11.8. The van der Waals surface area contributed by atoms with Crippen molar-refractivity contribution in [3.8, 4) is 0 Å². The summed E-state index contributed by atoms with van der Waals surface area (Å²) in [5.74, 6) is 0. The predicted octanol–water partition coefficient (Wildman–Crippen LogP) is 4.16. The van der Waals surface area contributed by atoms with E-state index in [1.165, 1.54) is 0 Å². The Balaban J connectivity index is 1.88. The molecule has 0 spiro atoms. The van der Waals surface area contributed by atoms with Gasteiger partial charge in [-0.1, -0.05) is 53.0 Å². The normalized spacial score (nSPS) is 11.8. The summed E-state index contributed by atoms with van der Waals surface area (Å²) in [6, 6.07) is 11.8. The van der Waals surface area contributed by atoms with Crippen LogP contribution < -0.4 is 10.6 Å². The fourth-order valence-corrected chi connectivity index (χ4v) is 2.31. The third-order valence-corrected chi connectivity index (χ3v) is 3.65. The van der Waals surface area contributed by atoms with Crippen molar-refractivity contribution in [3.05, 3.63) is 63.6 Å². The lowest BCUT2D eigenvalue weighted by molar-refractivity contribution is 0.175. The predicted molar refractivity (Wildman–Crippen MR) is 89.6 cm³/mol. The van der Waals surface area contributed by atoms with Gasteiger partial charge in [0.2, 0.25) is 0 Å². The van der Waals surface area contributed by atoms with Crippen molar-refractivity contribution in [2.24, 2.45) is 0 Å². The Hall–Kier alpha value is -1.75. The molecule has 0 bridgehead atoms. The molecule has 116 valence electrons. The topological polar surface area (TPSA) is 61.4 Å². The summed E-state index contributed by atoms with van der Waals surface area (Å²) in [4.78, 5) is 11.8. The number of halogens is 2. The molecule has 0 aromatic heterocycles. The van der Waals surface area contributed by atoms with Crippen molar-refractivity contribution >= 4 is 34.9 Å². The van der Waals surface area contributed by atoms with Crippen LogP contribution in [-0.4, -0.2) is 17.7 Å². The highest BCUT2D eigenvalue weighted by molar-refractivity contribution is 6.36. The third-order valence-electron chi connectivity index (χ3n) is 3.10. The zero-order valence-electron chi connectivity index (χ0n) is 11.9. The standard InChI is InChI=1S/C16H16Cl2N2O2/c1-10-2-4-11(5-3-10)15(21)9-19-16(22)20-14-7-6-12(17)8-13(14)18/h2-8,15,21H,9H2,1H3,(H2,19,20,22)/t15-/m0/s1. The van der Waals surface area contributed by atoms with Gasteiger partial charge in [-0.3, -0.25) is 0 Å². The zero-order chi connectivity index (χ0) is 16.1. The molecule has 0 aliphatic carbocycles. The first-order valence-corrected chi connectivity index (χ1v) is 7.46. The lowest BCUT2D eigenvalue weighted by atomic mass is 10.1. The number of carbonyl (C=O) groups excluding carboxylic acids is 1. The van der Waals surface area contributed by atoms with Gasteiger partial charge in [0.15, 0.2) is 0 Å². The van der Waals surface area contributed by atoms with Crippen molar-refractivity contribution in [1.29, 1.82) is 0 Å². The van der Waals surface area contributed by atoms with Crippen LogP contribution in [0.4, 0.5) is 10.5 Å². The minimum absolute atomic E-state index is 0.0973. The third kappa shape index (κ3) is 4.63. The number of anilines is 1. The van der Waals surface area contributed by atoms with Gasteiger partial charge in [-0.25, -0.2) is 4.79 Å². The average Bonchev–Trinajstić information content (AvgIpc) is 2.48. The highest BCUT2D eigenvalue weighted by Gasteiger charge is 2.10. The molecule has 0 heterocycles. The van der Waals surface area contributed by atoms with E-state index in [0.29, 0.717) is 15.7 Å².